The Bertz CT molecular complexity index is 338. The number of hydrogen-bond acceptors (Lipinski definition) is 4. The third kappa shape index (κ3) is 5.36. The average Bonchev–Trinajstić information content (AvgIpc) is 2.17. The summed E-state index contributed by atoms with van der Waals surface area (Å²) in [6, 6.07) is 0.459. The third-order valence-electron chi connectivity index (χ3n) is 3.67. The van der Waals surface area contributed by atoms with Crippen LogP contribution in [0.2, 0.25) is 0 Å². The minimum Gasteiger partial charge on any atom is -0.312 e. The first-order chi connectivity index (χ1) is 7.71. The average molecular weight is 262 g/mol. The molecule has 1 aliphatic heterocycles. The Labute approximate surface area is 106 Å². The molecule has 1 atom stereocenters. The second-order valence-corrected chi connectivity index (χ2v) is 8.25. The molecule has 102 valence electrons. The van der Waals surface area contributed by atoms with E-state index in [0.717, 1.165) is 13.1 Å². The Kier molecular flexibility index (Phi) is 4.98. The van der Waals surface area contributed by atoms with Crippen molar-refractivity contribution in [1.82, 2.24) is 10.2 Å². The molecule has 1 unspecified atom stereocenters. The highest BCUT2D eigenvalue weighted by atomic mass is 32.2. The monoisotopic (exact) mass is 262 g/mol. The maximum Gasteiger partial charge on any atom is 0.148 e. The molecule has 1 heterocycles. The van der Waals surface area contributed by atoms with E-state index in [2.05, 4.69) is 24.1 Å². The minimum absolute atomic E-state index is 0.247. The Morgan fingerprint density at radius 1 is 1.41 bits per heavy atom. The summed E-state index contributed by atoms with van der Waals surface area (Å²) in [5.41, 5.74) is 0.303. The smallest absolute Gasteiger partial charge is 0.148 e. The molecular weight excluding hydrogens is 236 g/mol. The zero-order chi connectivity index (χ0) is 13.1. The van der Waals surface area contributed by atoms with E-state index in [0.29, 0.717) is 18.0 Å². The normalized spacial score (nSPS) is 25.1. The van der Waals surface area contributed by atoms with E-state index >= 15 is 0 Å². The van der Waals surface area contributed by atoms with E-state index < -0.39 is 9.84 Å². The van der Waals surface area contributed by atoms with E-state index in [9.17, 15) is 8.42 Å². The first-order valence-electron chi connectivity index (χ1n) is 6.30. The van der Waals surface area contributed by atoms with E-state index in [1.54, 1.807) is 0 Å². The van der Waals surface area contributed by atoms with Gasteiger partial charge in [0.05, 0.1) is 5.75 Å². The Hall–Kier alpha value is -0.130. The topological polar surface area (TPSA) is 49.4 Å². The van der Waals surface area contributed by atoms with Gasteiger partial charge in [-0.25, -0.2) is 8.42 Å². The third-order valence-corrected chi connectivity index (χ3v) is 4.59. The van der Waals surface area contributed by atoms with Gasteiger partial charge in [0.2, 0.25) is 0 Å². The fourth-order valence-electron chi connectivity index (χ4n) is 2.31. The van der Waals surface area contributed by atoms with Gasteiger partial charge in [-0.05, 0) is 31.8 Å². The molecule has 0 bridgehead atoms. The Balaban J connectivity index is 2.42. The number of nitrogens with zero attached hydrogens (tertiary/aromatic N) is 1. The fraction of sp³-hybridized carbons (Fsp3) is 1.00. The second-order valence-electron chi connectivity index (χ2n) is 5.99. The van der Waals surface area contributed by atoms with E-state index in [-0.39, 0.29) is 5.75 Å². The maximum absolute atomic E-state index is 11.1. The molecule has 5 heteroatoms. The van der Waals surface area contributed by atoms with Crippen molar-refractivity contribution in [2.24, 2.45) is 5.41 Å². The molecule has 0 aromatic heterocycles. The van der Waals surface area contributed by atoms with Gasteiger partial charge in [0.25, 0.3) is 0 Å². The van der Waals surface area contributed by atoms with E-state index in [4.69, 9.17) is 0 Å². The molecule has 0 radical (unpaired) electrons. The highest BCUT2D eigenvalue weighted by molar-refractivity contribution is 7.90. The lowest BCUT2D eigenvalue weighted by molar-refractivity contribution is 0.141. The molecule has 1 rings (SSSR count). The van der Waals surface area contributed by atoms with Gasteiger partial charge in [-0.3, -0.25) is 0 Å². The lowest BCUT2D eigenvalue weighted by Gasteiger charge is -2.41. The molecule has 0 amide bonds. The van der Waals surface area contributed by atoms with Crippen molar-refractivity contribution in [2.75, 3.05) is 38.7 Å². The van der Waals surface area contributed by atoms with Gasteiger partial charge in [-0.2, -0.15) is 0 Å². The van der Waals surface area contributed by atoms with Gasteiger partial charge in [0.1, 0.15) is 9.84 Å². The highest BCUT2D eigenvalue weighted by Gasteiger charge is 2.32. The Morgan fingerprint density at radius 3 is 2.59 bits per heavy atom. The molecule has 4 nitrogen and oxygen atoms in total. The Morgan fingerprint density at radius 2 is 2.06 bits per heavy atom. The molecule has 0 aromatic carbocycles. The van der Waals surface area contributed by atoms with Crippen LogP contribution in [-0.4, -0.2) is 58.1 Å². The van der Waals surface area contributed by atoms with Crippen LogP contribution in [0.5, 0.6) is 0 Å². The predicted molar refractivity (Wildman–Crippen MR) is 72.0 cm³/mol. The van der Waals surface area contributed by atoms with Crippen LogP contribution in [0.3, 0.4) is 0 Å². The molecule has 1 saturated heterocycles. The zero-order valence-electron chi connectivity index (χ0n) is 11.5. The number of nitrogens with one attached hydrogen (secondary N) is 1. The summed E-state index contributed by atoms with van der Waals surface area (Å²) in [4.78, 5) is 2.12. The van der Waals surface area contributed by atoms with Crippen LogP contribution in [0.15, 0.2) is 0 Å². The van der Waals surface area contributed by atoms with E-state index in [1.165, 1.54) is 19.1 Å². The van der Waals surface area contributed by atoms with E-state index in [1.807, 2.05) is 7.05 Å². The standard InChI is InChI=1S/C12H26N2O2S/c1-12(2)6-5-7-13-11(12)10-14(3)8-9-17(4,15)16/h11,13H,5-10H2,1-4H3. The maximum atomic E-state index is 11.1. The van der Waals surface area contributed by atoms with Gasteiger partial charge in [-0.1, -0.05) is 13.8 Å². The van der Waals surface area contributed by atoms with Gasteiger partial charge in [-0.15, -0.1) is 0 Å². The van der Waals surface area contributed by atoms with Crippen molar-refractivity contribution in [3.63, 3.8) is 0 Å². The summed E-state index contributed by atoms with van der Waals surface area (Å²) in [6.45, 7) is 7.19. The van der Waals surface area contributed by atoms with Crippen molar-refractivity contribution in [1.29, 1.82) is 0 Å². The second kappa shape index (κ2) is 5.67. The van der Waals surface area contributed by atoms with Crippen molar-refractivity contribution in [3.05, 3.63) is 0 Å². The summed E-state index contributed by atoms with van der Waals surface area (Å²) in [5, 5.41) is 3.55. The van der Waals surface area contributed by atoms with Crippen LogP contribution >= 0.6 is 0 Å². The number of piperidine rings is 1. The lowest BCUT2D eigenvalue weighted by Crippen LogP contribution is -2.52. The van der Waals surface area contributed by atoms with Crippen LogP contribution in [0.1, 0.15) is 26.7 Å². The zero-order valence-corrected chi connectivity index (χ0v) is 12.3. The molecule has 17 heavy (non-hydrogen) atoms. The number of likely N-dealkylation sites (N-methyl/N-ethyl adjacent to an activating group) is 1. The quantitative estimate of drug-likeness (QED) is 0.794. The lowest BCUT2D eigenvalue weighted by atomic mass is 9.77. The van der Waals surface area contributed by atoms with Gasteiger partial charge >= 0.3 is 0 Å². The van der Waals surface area contributed by atoms with Crippen LogP contribution in [0.4, 0.5) is 0 Å². The summed E-state index contributed by atoms with van der Waals surface area (Å²) >= 11 is 0. The summed E-state index contributed by atoms with van der Waals surface area (Å²) < 4.78 is 22.2. The van der Waals surface area contributed by atoms with Gasteiger partial charge < -0.3 is 10.2 Å². The van der Waals surface area contributed by atoms with Crippen LogP contribution in [0, 0.1) is 5.41 Å². The summed E-state index contributed by atoms with van der Waals surface area (Å²) in [6.07, 6.45) is 3.77. The SMILES string of the molecule is CN(CCS(C)(=O)=O)CC1NCCCC1(C)C. The first-order valence-corrected chi connectivity index (χ1v) is 8.36. The molecule has 0 aromatic rings. The highest BCUT2D eigenvalue weighted by Crippen LogP contribution is 2.30. The first kappa shape index (κ1) is 14.9. The van der Waals surface area contributed by atoms with Crippen LogP contribution in [0.25, 0.3) is 0 Å². The fourth-order valence-corrected chi connectivity index (χ4v) is 2.95. The van der Waals surface area contributed by atoms with Crippen molar-refractivity contribution >= 4 is 9.84 Å². The predicted octanol–water partition coefficient (Wildman–Crippen LogP) is 0.741. The largest absolute Gasteiger partial charge is 0.312 e. The van der Waals surface area contributed by atoms with Crippen molar-refractivity contribution in [2.45, 2.75) is 32.7 Å². The van der Waals surface area contributed by atoms with Crippen molar-refractivity contribution in [3.8, 4) is 0 Å². The van der Waals surface area contributed by atoms with Crippen molar-refractivity contribution < 1.29 is 8.42 Å². The molecular formula is C12H26N2O2S. The van der Waals surface area contributed by atoms with Gasteiger partial charge in [0, 0.05) is 25.4 Å². The molecule has 0 spiro atoms. The van der Waals surface area contributed by atoms with Crippen LogP contribution < -0.4 is 5.32 Å². The molecule has 1 N–H and O–H groups in total. The van der Waals surface area contributed by atoms with Gasteiger partial charge in [0.15, 0.2) is 0 Å². The number of rotatable bonds is 5. The number of sulfone groups is 1. The molecule has 1 aliphatic rings. The molecule has 0 aliphatic carbocycles. The number of hydrogen-bond donors (Lipinski definition) is 1. The molecule has 1 fully saturated rings. The molecule has 0 saturated carbocycles. The van der Waals surface area contributed by atoms with Crippen LogP contribution in [-0.2, 0) is 9.84 Å². The minimum atomic E-state index is -2.85. The summed E-state index contributed by atoms with van der Waals surface area (Å²) in [7, 11) is -0.853. The summed E-state index contributed by atoms with van der Waals surface area (Å²) in [5.74, 6) is 0.247.